The van der Waals surface area contributed by atoms with Crippen molar-refractivity contribution in [2.75, 3.05) is 7.11 Å². The van der Waals surface area contributed by atoms with Crippen molar-refractivity contribution in [3.63, 3.8) is 0 Å². The van der Waals surface area contributed by atoms with Crippen molar-refractivity contribution in [2.45, 2.75) is 23.1 Å². The number of aromatic nitrogens is 1. The average molecular weight is 332 g/mol. The Kier molecular flexibility index (Phi) is 2.58. The van der Waals surface area contributed by atoms with Gasteiger partial charge < -0.3 is 9.47 Å². The molecule has 1 spiro atoms. The van der Waals surface area contributed by atoms with E-state index in [0.29, 0.717) is 10.7 Å². The van der Waals surface area contributed by atoms with Gasteiger partial charge in [0.25, 0.3) is 0 Å². The van der Waals surface area contributed by atoms with Crippen LogP contribution in [-0.4, -0.2) is 16.9 Å². The molecule has 1 fully saturated rings. The Morgan fingerprint density at radius 1 is 1.25 bits per heavy atom. The number of nitrogens with zero attached hydrogens (tertiary/aromatic N) is 1. The number of pyridine rings is 1. The first kappa shape index (κ1) is 12.2. The molecule has 2 atom stereocenters. The first-order chi connectivity index (χ1) is 9.73. The van der Waals surface area contributed by atoms with Crippen molar-refractivity contribution in [1.82, 2.24) is 4.98 Å². The van der Waals surface area contributed by atoms with Gasteiger partial charge >= 0.3 is 0 Å². The lowest BCUT2D eigenvalue weighted by atomic mass is 9.92. The lowest BCUT2D eigenvalue weighted by Crippen LogP contribution is -2.15. The minimum atomic E-state index is 0.0382. The number of hydrogen-bond acceptors (Lipinski definition) is 3. The Labute approximate surface area is 126 Å². The Bertz CT molecular complexity index is 688. The van der Waals surface area contributed by atoms with E-state index in [4.69, 9.17) is 9.47 Å². The van der Waals surface area contributed by atoms with E-state index >= 15 is 0 Å². The molecule has 4 heteroatoms. The average Bonchev–Trinajstić information content (AvgIpc) is 3.15. The molecule has 2 unspecified atom stereocenters. The molecule has 2 heterocycles. The normalized spacial score (nSPS) is 26.2. The fourth-order valence-corrected chi connectivity index (χ4v) is 3.92. The van der Waals surface area contributed by atoms with Crippen LogP contribution in [-0.2, 0) is 11.8 Å². The maximum Gasteiger partial charge on any atom is 0.213 e. The van der Waals surface area contributed by atoms with E-state index < -0.39 is 0 Å². The second-order valence-corrected chi connectivity index (χ2v) is 6.52. The number of ether oxygens (including phenoxy) is 2. The van der Waals surface area contributed by atoms with Crippen LogP contribution in [0, 0.1) is 0 Å². The van der Waals surface area contributed by atoms with E-state index in [0.717, 1.165) is 30.0 Å². The summed E-state index contributed by atoms with van der Waals surface area (Å²) in [6.45, 7) is 0. The highest BCUT2D eigenvalue weighted by molar-refractivity contribution is 9.09. The number of rotatable bonds is 1. The predicted molar refractivity (Wildman–Crippen MR) is 80.0 cm³/mol. The van der Waals surface area contributed by atoms with Crippen LogP contribution in [0.4, 0.5) is 0 Å². The second-order valence-electron chi connectivity index (χ2n) is 5.41. The highest BCUT2D eigenvalue weighted by Gasteiger charge is 2.57. The molecule has 0 saturated heterocycles. The lowest BCUT2D eigenvalue weighted by molar-refractivity contribution is 0.390. The zero-order valence-electron chi connectivity index (χ0n) is 11.1. The van der Waals surface area contributed by atoms with E-state index in [9.17, 15) is 0 Å². The van der Waals surface area contributed by atoms with Crippen molar-refractivity contribution in [2.24, 2.45) is 0 Å². The van der Waals surface area contributed by atoms with E-state index in [1.807, 2.05) is 24.3 Å². The number of hydrogen-bond donors (Lipinski definition) is 0. The molecule has 2 aliphatic rings. The van der Waals surface area contributed by atoms with Gasteiger partial charge in [0, 0.05) is 16.3 Å². The smallest absolute Gasteiger partial charge is 0.213 e. The van der Waals surface area contributed by atoms with Gasteiger partial charge in [0.05, 0.1) is 12.8 Å². The Morgan fingerprint density at radius 3 is 2.80 bits per heavy atom. The highest BCUT2D eigenvalue weighted by Crippen LogP contribution is 2.59. The van der Waals surface area contributed by atoms with E-state index in [1.165, 1.54) is 5.56 Å². The molecule has 1 aromatic heterocycles. The topological polar surface area (TPSA) is 31.4 Å². The Morgan fingerprint density at radius 2 is 2.05 bits per heavy atom. The first-order valence-corrected chi connectivity index (χ1v) is 7.60. The zero-order chi connectivity index (χ0) is 13.7. The van der Waals surface area contributed by atoms with Crippen LogP contribution in [0.25, 0.3) is 0 Å². The number of benzene rings is 1. The predicted octanol–water partition coefficient (Wildman–Crippen LogP) is 3.84. The first-order valence-electron chi connectivity index (χ1n) is 6.68. The maximum atomic E-state index is 6.09. The Hall–Kier alpha value is -1.55. The molecule has 3 nitrogen and oxygen atoms in total. The monoisotopic (exact) mass is 331 g/mol. The van der Waals surface area contributed by atoms with Crippen LogP contribution in [0.15, 0.2) is 36.4 Å². The SMILES string of the molecule is COc1ccc2c(n1)C1(Cc3ccccc3O2)CC1Br. The van der Waals surface area contributed by atoms with Crippen LogP contribution in [0.2, 0.25) is 0 Å². The van der Waals surface area contributed by atoms with Crippen molar-refractivity contribution in [3.05, 3.63) is 47.7 Å². The van der Waals surface area contributed by atoms with Gasteiger partial charge in [-0.2, -0.15) is 0 Å². The molecule has 4 rings (SSSR count). The summed E-state index contributed by atoms with van der Waals surface area (Å²) in [6.07, 6.45) is 2.03. The zero-order valence-corrected chi connectivity index (χ0v) is 12.7. The molecule has 1 aliphatic heterocycles. The summed E-state index contributed by atoms with van der Waals surface area (Å²) in [5, 5.41) is 0. The molecule has 20 heavy (non-hydrogen) atoms. The summed E-state index contributed by atoms with van der Waals surface area (Å²) < 4.78 is 11.4. The van der Waals surface area contributed by atoms with Crippen molar-refractivity contribution >= 4 is 15.9 Å². The molecule has 1 aromatic carbocycles. The van der Waals surface area contributed by atoms with Gasteiger partial charge in [-0.25, -0.2) is 4.98 Å². The largest absolute Gasteiger partial charge is 0.481 e. The third-order valence-corrected chi connectivity index (χ3v) is 5.39. The van der Waals surface area contributed by atoms with Gasteiger partial charge in [0.15, 0.2) is 0 Å². The summed E-state index contributed by atoms with van der Waals surface area (Å²) in [5.74, 6) is 2.42. The number of methoxy groups -OCH3 is 1. The van der Waals surface area contributed by atoms with Crippen LogP contribution in [0.1, 0.15) is 17.7 Å². The van der Waals surface area contributed by atoms with Crippen LogP contribution in [0.3, 0.4) is 0 Å². The van der Waals surface area contributed by atoms with Crippen molar-refractivity contribution < 1.29 is 9.47 Å². The summed E-state index contributed by atoms with van der Waals surface area (Å²) >= 11 is 3.77. The molecule has 0 N–H and O–H groups in total. The highest BCUT2D eigenvalue weighted by atomic mass is 79.9. The summed E-state index contributed by atoms with van der Waals surface area (Å²) in [5.41, 5.74) is 2.29. The minimum Gasteiger partial charge on any atom is -0.481 e. The maximum absolute atomic E-state index is 6.09. The minimum absolute atomic E-state index is 0.0382. The van der Waals surface area contributed by atoms with Gasteiger partial charge in [-0.15, -0.1) is 0 Å². The Balaban J connectivity index is 1.91. The molecular formula is C16H14BrNO2. The number of alkyl halides is 1. The van der Waals surface area contributed by atoms with Crippen LogP contribution in [0.5, 0.6) is 17.4 Å². The fourth-order valence-electron chi connectivity index (χ4n) is 2.96. The van der Waals surface area contributed by atoms with E-state index in [1.54, 1.807) is 7.11 Å². The van der Waals surface area contributed by atoms with Crippen LogP contribution >= 0.6 is 15.9 Å². The molecule has 0 amide bonds. The van der Waals surface area contributed by atoms with Gasteiger partial charge in [-0.1, -0.05) is 34.1 Å². The van der Waals surface area contributed by atoms with Gasteiger partial charge in [0.2, 0.25) is 5.88 Å². The van der Waals surface area contributed by atoms with Crippen molar-refractivity contribution in [3.8, 4) is 17.4 Å². The number of para-hydroxylation sites is 1. The third kappa shape index (κ3) is 1.67. The molecule has 1 saturated carbocycles. The van der Waals surface area contributed by atoms with Gasteiger partial charge in [-0.3, -0.25) is 0 Å². The lowest BCUT2D eigenvalue weighted by Gasteiger charge is -2.15. The van der Waals surface area contributed by atoms with Crippen LogP contribution < -0.4 is 9.47 Å². The molecule has 1 aliphatic carbocycles. The van der Waals surface area contributed by atoms with Gasteiger partial charge in [-0.05, 0) is 30.5 Å². The quantitative estimate of drug-likeness (QED) is 0.744. The number of fused-ring (bicyclic) bond motifs is 3. The summed E-state index contributed by atoms with van der Waals surface area (Å²) in [6, 6.07) is 12.0. The third-order valence-electron chi connectivity index (χ3n) is 4.19. The molecule has 2 aromatic rings. The number of halogens is 1. The fraction of sp³-hybridized carbons (Fsp3) is 0.312. The molecule has 102 valence electrons. The standard InChI is InChI=1S/C16H14BrNO2/c1-19-14-7-6-12-15(18-14)16(9-13(16)17)8-10-4-2-3-5-11(10)20-12/h2-7,13H,8-9H2,1H3. The molecular weight excluding hydrogens is 318 g/mol. The molecule has 0 radical (unpaired) electrons. The van der Waals surface area contributed by atoms with Crippen molar-refractivity contribution in [1.29, 1.82) is 0 Å². The van der Waals surface area contributed by atoms with E-state index in [2.05, 4.69) is 33.0 Å². The van der Waals surface area contributed by atoms with E-state index in [-0.39, 0.29) is 5.41 Å². The molecule has 0 bridgehead atoms. The summed E-state index contributed by atoms with van der Waals surface area (Å²) in [4.78, 5) is 5.11. The second kappa shape index (κ2) is 4.22. The summed E-state index contributed by atoms with van der Waals surface area (Å²) in [7, 11) is 1.65. The van der Waals surface area contributed by atoms with Gasteiger partial charge in [0.1, 0.15) is 11.5 Å².